The minimum atomic E-state index is -0.0886. The van der Waals surface area contributed by atoms with Gasteiger partial charge < -0.3 is 5.32 Å². The highest BCUT2D eigenvalue weighted by Gasteiger charge is 2.26. The van der Waals surface area contributed by atoms with Crippen molar-refractivity contribution in [3.05, 3.63) is 47.7 Å². The Morgan fingerprint density at radius 3 is 2.96 bits per heavy atom. The molecule has 0 spiro atoms. The van der Waals surface area contributed by atoms with Gasteiger partial charge in [0.05, 0.1) is 5.71 Å². The van der Waals surface area contributed by atoms with Gasteiger partial charge in [-0.15, -0.1) is 0 Å². The van der Waals surface area contributed by atoms with Crippen LogP contribution in [0.1, 0.15) is 39.0 Å². The van der Waals surface area contributed by atoms with Crippen molar-refractivity contribution in [1.29, 1.82) is 0 Å². The second-order valence-corrected chi connectivity index (χ2v) is 6.25. The summed E-state index contributed by atoms with van der Waals surface area (Å²) in [5, 5.41) is 2.88. The van der Waals surface area contributed by atoms with Gasteiger partial charge in [0.2, 0.25) is 11.8 Å². The zero-order chi connectivity index (χ0) is 16.2. The summed E-state index contributed by atoms with van der Waals surface area (Å²) in [7, 11) is 0. The number of hydrogen-bond acceptors (Lipinski definition) is 2. The van der Waals surface area contributed by atoms with E-state index in [1.165, 1.54) is 0 Å². The number of nitrogens with zero attached hydrogens (tertiary/aromatic N) is 1. The highest BCUT2D eigenvalue weighted by molar-refractivity contribution is 6.11. The first-order chi connectivity index (χ1) is 11.2. The molecule has 0 aromatic rings. The SMILES string of the molecule is CCCC1=CC(=O)NC2=CC(=NC(=O)C3CC=CCC3)C=CC12. The molecule has 1 aliphatic heterocycles. The van der Waals surface area contributed by atoms with Crippen molar-refractivity contribution in [3.8, 4) is 0 Å². The first-order valence-corrected chi connectivity index (χ1v) is 8.36. The Hall–Kier alpha value is -2.23. The summed E-state index contributed by atoms with van der Waals surface area (Å²) in [5.41, 5.74) is 2.59. The van der Waals surface area contributed by atoms with Crippen LogP contribution in [0, 0.1) is 11.8 Å². The van der Waals surface area contributed by atoms with Gasteiger partial charge in [0.1, 0.15) is 0 Å². The van der Waals surface area contributed by atoms with Crippen LogP contribution in [0.15, 0.2) is 52.7 Å². The van der Waals surface area contributed by atoms with Crippen molar-refractivity contribution in [2.75, 3.05) is 0 Å². The smallest absolute Gasteiger partial charge is 0.249 e. The van der Waals surface area contributed by atoms with Crippen LogP contribution in [0.4, 0.5) is 0 Å². The molecule has 0 saturated heterocycles. The molecule has 23 heavy (non-hydrogen) atoms. The minimum absolute atomic E-state index is 0.00600. The van der Waals surface area contributed by atoms with E-state index in [1.807, 2.05) is 18.2 Å². The Labute approximate surface area is 136 Å². The van der Waals surface area contributed by atoms with E-state index < -0.39 is 0 Å². The van der Waals surface area contributed by atoms with E-state index in [9.17, 15) is 9.59 Å². The van der Waals surface area contributed by atoms with E-state index in [1.54, 1.807) is 6.08 Å². The molecule has 0 bridgehead atoms. The standard InChI is InChI=1S/C19H22N2O2/c1-2-6-14-11-18(22)21-17-12-15(9-10-16(14)17)20-19(23)13-7-4-3-5-8-13/h3-4,9-13,16H,2,5-8H2,1H3,(H,21,22). The van der Waals surface area contributed by atoms with Crippen LogP contribution in [0.5, 0.6) is 0 Å². The van der Waals surface area contributed by atoms with Crippen molar-refractivity contribution in [3.63, 3.8) is 0 Å². The zero-order valence-corrected chi connectivity index (χ0v) is 13.4. The monoisotopic (exact) mass is 310 g/mol. The average molecular weight is 310 g/mol. The lowest BCUT2D eigenvalue weighted by atomic mass is 9.85. The fourth-order valence-electron chi connectivity index (χ4n) is 3.29. The molecule has 2 aliphatic carbocycles. The molecule has 0 aromatic heterocycles. The molecular weight excluding hydrogens is 288 g/mol. The van der Waals surface area contributed by atoms with Gasteiger partial charge in [0, 0.05) is 23.6 Å². The summed E-state index contributed by atoms with van der Waals surface area (Å²) in [6.45, 7) is 2.10. The maximum atomic E-state index is 12.3. The van der Waals surface area contributed by atoms with E-state index in [0.717, 1.165) is 43.4 Å². The third-order valence-corrected chi connectivity index (χ3v) is 4.48. The molecule has 2 amide bonds. The van der Waals surface area contributed by atoms with Crippen LogP contribution in [0.25, 0.3) is 0 Å². The van der Waals surface area contributed by atoms with E-state index >= 15 is 0 Å². The lowest BCUT2D eigenvalue weighted by molar-refractivity contribution is -0.121. The Morgan fingerprint density at radius 2 is 2.22 bits per heavy atom. The predicted molar refractivity (Wildman–Crippen MR) is 90.8 cm³/mol. The van der Waals surface area contributed by atoms with Gasteiger partial charge in [0.15, 0.2) is 0 Å². The first-order valence-electron chi connectivity index (χ1n) is 8.36. The lowest BCUT2D eigenvalue weighted by Crippen LogP contribution is -2.33. The first kappa shape index (κ1) is 15.7. The van der Waals surface area contributed by atoms with Gasteiger partial charge >= 0.3 is 0 Å². The minimum Gasteiger partial charge on any atom is -0.325 e. The van der Waals surface area contributed by atoms with Crippen LogP contribution in [-0.2, 0) is 9.59 Å². The number of hydrogen-bond donors (Lipinski definition) is 1. The van der Waals surface area contributed by atoms with Crippen LogP contribution in [0.2, 0.25) is 0 Å². The van der Waals surface area contributed by atoms with Crippen molar-refractivity contribution < 1.29 is 9.59 Å². The Bertz CT molecular complexity index is 665. The normalized spacial score (nSPS) is 28.0. The van der Waals surface area contributed by atoms with E-state index in [0.29, 0.717) is 5.71 Å². The van der Waals surface area contributed by atoms with Gasteiger partial charge in [-0.05, 0) is 37.8 Å². The van der Waals surface area contributed by atoms with Crippen LogP contribution in [0.3, 0.4) is 0 Å². The van der Waals surface area contributed by atoms with Crippen molar-refractivity contribution in [2.24, 2.45) is 16.8 Å². The quantitative estimate of drug-likeness (QED) is 0.814. The van der Waals surface area contributed by atoms with Crippen molar-refractivity contribution >= 4 is 17.5 Å². The molecule has 0 saturated carbocycles. The van der Waals surface area contributed by atoms with Gasteiger partial charge in [-0.2, -0.15) is 0 Å². The number of aliphatic imine (C=N–C) groups is 1. The second-order valence-electron chi connectivity index (χ2n) is 6.25. The largest absolute Gasteiger partial charge is 0.325 e. The van der Waals surface area contributed by atoms with E-state index in [2.05, 4.69) is 29.4 Å². The molecule has 120 valence electrons. The highest BCUT2D eigenvalue weighted by Crippen LogP contribution is 2.30. The topological polar surface area (TPSA) is 58.5 Å². The Morgan fingerprint density at radius 1 is 1.35 bits per heavy atom. The van der Waals surface area contributed by atoms with Crippen molar-refractivity contribution in [1.82, 2.24) is 5.32 Å². The summed E-state index contributed by atoms with van der Waals surface area (Å²) >= 11 is 0. The van der Waals surface area contributed by atoms with Crippen LogP contribution in [-0.4, -0.2) is 17.5 Å². The van der Waals surface area contributed by atoms with Gasteiger partial charge in [-0.3, -0.25) is 9.59 Å². The van der Waals surface area contributed by atoms with Gasteiger partial charge in [-0.1, -0.05) is 37.1 Å². The summed E-state index contributed by atoms with van der Waals surface area (Å²) in [5.74, 6) is -0.0436. The summed E-state index contributed by atoms with van der Waals surface area (Å²) in [6, 6.07) is 0. The lowest BCUT2D eigenvalue weighted by Gasteiger charge is -2.27. The Kier molecular flexibility index (Phi) is 4.70. The van der Waals surface area contributed by atoms with E-state index in [-0.39, 0.29) is 23.7 Å². The molecule has 4 nitrogen and oxygen atoms in total. The van der Waals surface area contributed by atoms with Crippen molar-refractivity contribution in [2.45, 2.75) is 39.0 Å². The number of rotatable bonds is 3. The predicted octanol–water partition coefficient (Wildman–Crippen LogP) is 3.24. The van der Waals surface area contributed by atoms with Gasteiger partial charge in [0.25, 0.3) is 0 Å². The van der Waals surface area contributed by atoms with E-state index in [4.69, 9.17) is 0 Å². The molecule has 2 atom stereocenters. The average Bonchev–Trinajstić information content (AvgIpc) is 2.55. The second kappa shape index (κ2) is 6.90. The molecule has 0 radical (unpaired) electrons. The number of carbonyl (C=O) groups excluding carboxylic acids is 2. The summed E-state index contributed by atoms with van der Waals surface area (Å²) in [6.07, 6.45) is 16.1. The number of fused-ring (bicyclic) bond motifs is 1. The molecule has 4 heteroatoms. The van der Waals surface area contributed by atoms with Crippen LogP contribution >= 0.6 is 0 Å². The highest BCUT2D eigenvalue weighted by atomic mass is 16.2. The summed E-state index contributed by atoms with van der Waals surface area (Å²) in [4.78, 5) is 28.3. The third-order valence-electron chi connectivity index (χ3n) is 4.48. The number of allylic oxidation sites excluding steroid dienone is 5. The fourth-order valence-corrected chi connectivity index (χ4v) is 3.29. The maximum Gasteiger partial charge on any atom is 0.249 e. The third kappa shape index (κ3) is 3.58. The molecule has 3 rings (SSSR count). The molecule has 1 N–H and O–H groups in total. The number of amides is 2. The molecular formula is C19H22N2O2. The number of nitrogens with one attached hydrogen (secondary N) is 1. The van der Waals surface area contributed by atoms with Gasteiger partial charge in [-0.25, -0.2) is 4.99 Å². The maximum absolute atomic E-state index is 12.3. The summed E-state index contributed by atoms with van der Waals surface area (Å²) < 4.78 is 0. The number of carbonyl (C=O) groups is 2. The van der Waals surface area contributed by atoms with Crippen LogP contribution < -0.4 is 5.32 Å². The molecule has 3 aliphatic rings. The Balaban J connectivity index is 1.78. The zero-order valence-electron chi connectivity index (χ0n) is 13.4. The molecule has 2 unspecified atom stereocenters. The molecule has 1 heterocycles. The molecule has 0 fully saturated rings. The fraction of sp³-hybridized carbons (Fsp3) is 0.421. The molecule has 0 aromatic carbocycles.